The summed E-state index contributed by atoms with van der Waals surface area (Å²) in [6, 6.07) is 15.4. The van der Waals surface area contributed by atoms with Crippen LogP contribution in [0.3, 0.4) is 0 Å². The first-order chi connectivity index (χ1) is 15.0. The third-order valence-corrected chi connectivity index (χ3v) is 6.57. The summed E-state index contributed by atoms with van der Waals surface area (Å²) in [4.78, 5) is 12.5. The number of nitrogens with zero attached hydrogens (tertiary/aromatic N) is 1. The van der Waals surface area contributed by atoms with Crippen LogP contribution in [-0.4, -0.2) is 20.9 Å². The Morgan fingerprint density at radius 2 is 1.56 bits per heavy atom. The van der Waals surface area contributed by atoms with Crippen molar-refractivity contribution in [1.29, 1.82) is 0 Å². The van der Waals surface area contributed by atoms with Crippen molar-refractivity contribution < 1.29 is 26.4 Å². The summed E-state index contributed by atoms with van der Waals surface area (Å²) in [7, 11) is -4.28. The fourth-order valence-electron chi connectivity index (χ4n) is 2.84. The number of benzene rings is 3. The molecule has 0 aromatic heterocycles. The van der Waals surface area contributed by atoms with Gasteiger partial charge in [0.05, 0.1) is 21.8 Å². The molecule has 32 heavy (non-hydrogen) atoms. The number of hydrogen-bond donors (Lipinski definition) is 1. The normalized spacial score (nSPS) is 11.8. The van der Waals surface area contributed by atoms with Crippen molar-refractivity contribution in [2.75, 3.05) is 16.2 Å². The van der Waals surface area contributed by atoms with Crippen molar-refractivity contribution in [3.8, 4) is 0 Å². The van der Waals surface area contributed by atoms with Gasteiger partial charge in [-0.25, -0.2) is 8.42 Å². The van der Waals surface area contributed by atoms with Crippen LogP contribution in [0.2, 0.25) is 10.0 Å². The van der Waals surface area contributed by atoms with E-state index in [1.165, 1.54) is 60.7 Å². The molecule has 5 nitrogen and oxygen atoms in total. The van der Waals surface area contributed by atoms with Gasteiger partial charge in [-0.1, -0.05) is 41.4 Å². The highest BCUT2D eigenvalue weighted by Crippen LogP contribution is 2.34. The summed E-state index contributed by atoms with van der Waals surface area (Å²) in [6.45, 7) is -0.794. The number of rotatable bonds is 6. The summed E-state index contributed by atoms with van der Waals surface area (Å²) in [6.07, 6.45) is -4.70. The Labute approximate surface area is 192 Å². The number of amides is 1. The predicted octanol–water partition coefficient (Wildman–Crippen LogP) is 5.85. The third-order valence-electron chi connectivity index (χ3n) is 4.29. The second kappa shape index (κ2) is 9.40. The zero-order chi connectivity index (χ0) is 23.5. The van der Waals surface area contributed by atoms with E-state index in [4.69, 9.17) is 23.2 Å². The number of hydrogen-bond acceptors (Lipinski definition) is 3. The molecule has 0 aliphatic carbocycles. The van der Waals surface area contributed by atoms with Crippen molar-refractivity contribution in [2.24, 2.45) is 0 Å². The van der Waals surface area contributed by atoms with Gasteiger partial charge in [0.25, 0.3) is 10.0 Å². The van der Waals surface area contributed by atoms with E-state index in [-0.39, 0.29) is 15.6 Å². The van der Waals surface area contributed by atoms with E-state index in [2.05, 4.69) is 5.32 Å². The Hall–Kier alpha value is -2.75. The van der Waals surface area contributed by atoms with Gasteiger partial charge in [0.15, 0.2) is 0 Å². The van der Waals surface area contributed by atoms with Crippen LogP contribution in [0, 0.1) is 0 Å². The lowest BCUT2D eigenvalue weighted by Gasteiger charge is -2.24. The van der Waals surface area contributed by atoms with Gasteiger partial charge in [-0.2, -0.15) is 13.2 Å². The average molecular weight is 503 g/mol. The van der Waals surface area contributed by atoms with Crippen LogP contribution in [0.15, 0.2) is 77.7 Å². The molecular weight excluding hydrogens is 488 g/mol. The number of carbonyl (C=O) groups excluding carboxylic acids is 1. The maximum Gasteiger partial charge on any atom is 0.418 e. The molecule has 0 unspecified atom stereocenters. The maximum absolute atomic E-state index is 13.2. The number of carbonyl (C=O) groups is 1. The lowest BCUT2D eigenvalue weighted by Crippen LogP contribution is -2.38. The quantitative estimate of drug-likeness (QED) is 0.459. The minimum absolute atomic E-state index is 0.0618. The molecule has 0 fully saturated rings. The molecule has 168 valence electrons. The summed E-state index contributed by atoms with van der Waals surface area (Å²) in [5.41, 5.74) is -1.48. The second-order valence-corrected chi connectivity index (χ2v) is 9.27. The van der Waals surface area contributed by atoms with E-state index in [1.54, 1.807) is 0 Å². The van der Waals surface area contributed by atoms with Crippen LogP contribution < -0.4 is 9.62 Å². The fraction of sp³-hybridized carbons (Fsp3) is 0.0952. The largest absolute Gasteiger partial charge is 0.418 e. The van der Waals surface area contributed by atoms with Crippen molar-refractivity contribution in [1.82, 2.24) is 0 Å². The first-order valence-corrected chi connectivity index (χ1v) is 11.2. The SMILES string of the molecule is O=C(CN(c1cccc(Cl)c1)S(=O)(=O)c1ccc(Cl)cc1)Nc1ccccc1C(F)(F)F. The highest BCUT2D eigenvalue weighted by Gasteiger charge is 2.34. The Balaban J connectivity index is 1.97. The lowest BCUT2D eigenvalue weighted by atomic mass is 10.1. The van der Waals surface area contributed by atoms with Crippen molar-refractivity contribution >= 4 is 50.5 Å². The highest BCUT2D eigenvalue weighted by atomic mass is 35.5. The zero-order valence-corrected chi connectivity index (χ0v) is 18.4. The number of sulfonamides is 1. The van der Waals surface area contributed by atoms with E-state index in [9.17, 15) is 26.4 Å². The molecule has 1 N–H and O–H groups in total. The molecule has 0 aliphatic rings. The van der Waals surface area contributed by atoms with Crippen LogP contribution in [0.1, 0.15) is 5.56 Å². The van der Waals surface area contributed by atoms with E-state index >= 15 is 0 Å². The zero-order valence-electron chi connectivity index (χ0n) is 16.1. The molecule has 0 heterocycles. The topological polar surface area (TPSA) is 66.5 Å². The van der Waals surface area contributed by atoms with Crippen molar-refractivity contribution in [3.05, 3.63) is 88.4 Å². The molecule has 0 radical (unpaired) electrons. The smallest absolute Gasteiger partial charge is 0.324 e. The van der Waals surface area contributed by atoms with Gasteiger partial charge in [0.1, 0.15) is 6.54 Å². The maximum atomic E-state index is 13.2. The minimum atomic E-state index is -4.70. The number of alkyl halides is 3. The summed E-state index contributed by atoms with van der Waals surface area (Å²) in [5.74, 6) is -0.973. The summed E-state index contributed by atoms with van der Waals surface area (Å²) >= 11 is 11.8. The highest BCUT2D eigenvalue weighted by molar-refractivity contribution is 7.92. The number of nitrogens with one attached hydrogen (secondary N) is 1. The third kappa shape index (κ3) is 5.53. The predicted molar refractivity (Wildman–Crippen MR) is 118 cm³/mol. The van der Waals surface area contributed by atoms with Gasteiger partial charge in [0, 0.05) is 10.0 Å². The van der Waals surface area contributed by atoms with Gasteiger partial charge in [-0.05, 0) is 54.6 Å². The molecular formula is C21H15Cl2F3N2O3S. The summed E-state index contributed by atoms with van der Waals surface area (Å²) in [5, 5.41) is 2.66. The number of halogens is 5. The molecule has 0 atom stereocenters. The van der Waals surface area contributed by atoms with Crippen molar-refractivity contribution in [2.45, 2.75) is 11.1 Å². The van der Waals surface area contributed by atoms with Gasteiger partial charge >= 0.3 is 6.18 Å². The van der Waals surface area contributed by atoms with E-state index in [1.807, 2.05) is 0 Å². The van der Waals surface area contributed by atoms with Crippen LogP contribution in [-0.2, 0) is 21.0 Å². The van der Waals surface area contributed by atoms with Crippen LogP contribution in [0.25, 0.3) is 0 Å². The standard InChI is InChI=1S/C21H15Cl2F3N2O3S/c22-14-8-10-17(11-9-14)32(30,31)28(16-5-3-4-15(23)12-16)13-20(29)27-19-7-2-1-6-18(19)21(24,25)26/h1-12H,13H2,(H,27,29). The first kappa shape index (κ1) is 23.9. The fourth-order valence-corrected chi connectivity index (χ4v) is 4.56. The number of anilines is 2. The van der Waals surface area contributed by atoms with E-state index in [0.717, 1.165) is 16.4 Å². The Morgan fingerprint density at radius 1 is 0.906 bits per heavy atom. The minimum Gasteiger partial charge on any atom is -0.324 e. The van der Waals surface area contributed by atoms with Crippen LogP contribution >= 0.6 is 23.2 Å². The Bertz CT molecular complexity index is 1230. The van der Waals surface area contributed by atoms with Gasteiger partial charge < -0.3 is 5.32 Å². The Kier molecular flexibility index (Phi) is 7.02. The van der Waals surface area contributed by atoms with Crippen LogP contribution in [0.5, 0.6) is 0 Å². The van der Waals surface area contributed by atoms with Gasteiger partial charge in [-0.3, -0.25) is 9.10 Å². The van der Waals surface area contributed by atoms with Gasteiger partial charge in [0.2, 0.25) is 5.91 Å². The molecule has 0 aliphatic heterocycles. The molecule has 11 heteroatoms. The van der Waals surface area contributed by atoms with Crippen LogP contribution in [0.4, 0.5) is 24.5 Å². The van der Waals surface area contributed by atoms with Crippen molar-refractivity contribution in [3.63, 3.8) is 0 Å². The number of para-hydroxylation sites is 1. The molecule has 1 amide bonds. The van der Waals surface area contributed by atoms with E-state index in [0.29, 0.717) is 5.02 Å². The first-order valence-electron chi connectivity index (χ1n) is 8.98. The molecule has 0 saturated heterocycles. The molecule has 0 spiro atoms. The molecule has 3 aromatic rings. The van der Waals surface area contributed by atoms with Gasteiger partial charge in [-0.15, -0.1) is 0 Å². The molecule has 0 saturated carbocycles. The monoisotopic (exact) mass is 502 g/mol. The molecule has 3 rings (SSSR count). The second-order valence-electron chi connectivity index (χ2n) is 6.54. The molecule has 0 bridgehead atoms. The van der Waals surface area contributed by atoms with E-state index < -0.39 is 39.9 Å². The molecule has 3 aromatic carbocycles. The lowest BCUT2D eigenvalue weighted by molar-refractivity contribution is -0.137. The average Bonchev–Trinajstić information content (AvgIpc) is 2.72. The Morgan fingerprint density at radius 3 is 2.19 bits per heavy atom. The summed E-state index contributed by atoms with van der Waals surface area (Å²) < 4.78 is 66.9.